The molecule has 0 aromatic heterocycles. The highest BCUT2D eigenvalue weighted by Gasteiger charge is 2.01. The Hall–Kier alpha value is -1.47. The molecule has 0 aliphatic carbocycles. The molecule has 0 nitrogen and oxygen atoms in total. The summed E-state index contributed by atoms with van der Waals surface area (Å²) in [5.41, 5.74) is 0. The molecule has 0 aliphatic rings. The number of fused-ring (bicyclic) bond motifs is 3. The molecule has 72 valence electrons. The molecule has 1 heteroatoms. The Balaban J connectivity index is 2.64. The Morgan fingerprint density at radius 2 is 1.40 bits per heavy atom. The van der Waals surface area contributed by atoms with Gasteiger partial charge in [-0.25, -0.2) is 0 Å². The van der Waals surface area contributed by atoms with E-state index in [-0.39, 0.29) is 0 Å². The van der Waals surface area contributed by atoms with E-state index in [0.29, 0.717) is 0 Å². The Bertz CT molecular complexity index is 641. The zero-order valence-corrected chi connectivity index (χ0v) is 9.04. The van der Waals surface area contributed by atoms with Crippen molar-refractivity contribution in [2.45, 2.75) is 4.90 Å². The predicted molar refractivity (Wildman–Crippen MR) is 68.7 cm³/mol. The molecule has 3 rings (SSSR count). The monoisotopic (exact) mass is 210 g/mol. The highest BCUT2D eigenvalue weighted by atomic mass is 32.1. The van der Waals surface area contributed by atoms with Gasteiger partial charge in [-0.2, -0.15) is 0 Å². The summed E-state index contributed by atoms with van der Waals surface area (Å²) in [6.07, 6.45) is 0. The van der Waals surface area contributed by atoms with Gasteiger partial charge in [0.1, 0.15) is 0 Å². The fourth-order valence-electron chi connectivity index (χ4n) is 2.04. The van der Waals surface area contributed by atoms with Gasteiger partial charge in [-0.3, -0.25) is 0 Å². The third kappa shape index (κ3) is 1.31. The Kier molecular flexibility index (Phi) is 1.93. The molecule has 0 radical (unpaired) electrons. The van der Waals surface area contributed by atoms with Crippen LogP contribution in [0.4, 0.5) is 0 Å². The summed E-state index contributed by atoms with van der Waals surface area (Å²) >= 11 is 4.53. The lowest BCUT2D eigenvalue weighted by Crippen LogP contribution is -1.78. The van der Waals surface area contributed by atoms with E-state index in [9.17, 15) is 0 Å². The minimum Gasteiger partial charge on any atom is -0.143 e. The topological polar surface area (TPSA) is 0 Å². The SMILES string of the molecule is Sc1cccc2ccc3ccccc3c12. The van der Waals surface area contributed by atoms with E-state index in [1.807, 2.05) is 12.1 Å². The Labute approximate surface area is 93.9 Å². The van der Waals surface area contributed by atoms with E-state index in [1.54, 1.807) is 0 Å². The van der Waals surface area contributed by atoms with Crippen molar-refractivity contribution in [3.63, 3.8) is 0 Å². The smallest absolute Gasteiger partial charge is 0.0125 e. The second-order valence-corrected chi connectivity index (χ2v) is 4.14. The van der Waals surface area contributed by atoms with Gasteiger partial charge in [-0.05, 0) is 22.2 Å². The van der Waals surface area contributed by atoms with Crippen molar-refractivity contribution in [1.29, 1.82) is 0 Å². The van der Waals surface area contributed by atoms with Gasteiger partial charge in [0.2, 0.25) is 0 Å². The molecule has 0 heterocycles. The molecule has 3 aromatic carbocycles. The van der Waals surface area contributed by atoms with E-state index in [0.717, 1.165) is 4.90 Å². The molecule has 0 N–H and O–H groups in total. The number of hydrogen-bond acceptors (Lipinski definition) is 1. The minimum absolute atomic E-state index is 1.05. The van der Waals surface area contributed by atoms with Crippen LogP contribution in [0.25, 0.3) is 21.5 Å². The summed E-state index contributed by atoms with van der Waals surface area (Å²) in [5, 5.41) is 5.05. The van der Waals surface area contributed by atoms with Crippen LogP contribution in [0.15, 0.2) is 59.5 Å². The van der Waals surface area contributed by atoms with Crippen LogP contribution in [0.5, 0.6) is 0 Å². The van der Waals surface area contributed by atoms with Crippen LogP contribution in [0.3, 0.4) is 0 Å². The van der Waals surface area contributed by atoms with Crippen molar-refractivity contribution in [2.75, 3.05) is 0 Å². The predicted octanol–water partition coefficient (Wildman–Crippen LogP) is 4.28. The molecule has 0 amide bonds. The Morgan fingerprint density at radius 1 is 0.667 bits per heavy atom. The number of benzene rings is 3. The highest BCUT2D eigenvalue weighted by Crippen LogP contribution is 2.29. The van der Waals surface area contributed by atoms with Crippen LogP contribution < -0.4 is 0 Å². The van der Waals surface area contributed by atoms with Gasteiger partial charge in [-0.1, -0.05) is 48.5 Å². The number of rotatable bonds is 0. The van der Waals surface area contributed by atoms with Crippen LogP contribution in [0, 0.1) is 0 Å². The fourth-order valence-corrected chi connectivity index (χ4v) is 2.38. The zero-order valence-electron chi connectivity index (χ0n) is 8.14. The maximum absolute atomic E-state index is 4.53. The molecule has 0 saturated heterocycles. The molecule has 0 fully saturated rings. The van der Waals surface area contributed by atoms with Crippen molar-refractivity contribution < 1.29 is 0 Å². The van der Waals surface area contributed by atoms with Crippen molar-refractivity contribution >= 4 is 34.2 Å². The largest absolute Gasteiger partial charge is 0.143 e. The second-order valence-electron chi connectivity index (χ2n) is 3.66. The van der Waals surface area contributed by atoms with Crippen LogP contribution in [0.1, 0.15) is 0 Å². The van der Waals surface area contributed by atoms with Crippen molar-refractivity contribution in [3.05, 3.63) is 54.6 Å². The first kappa shape index (κ1) is 8.81. The third-order valence-electron chi connectivity index (χ3n) is 2.75. The van der Waals surface area contributed by atoms with Crippen LogP contribution >= 0.6 is 12.6 Å². The summed E-state index contributed by atoms with van der Waals surface area (Å²) in [7, 11) is 0. The molecular weight excluding hydrogens is 200 g/mol. The summed E-state index contributed by atoms with van der Waals surface area (Å²) < 4.78 is 0. The first-order valence-electron chi connectivity index (χ1n) is 4.96. The van der Waals surface area contributed by atoms with E-state index >= 15 is 0 Å². The molecule has 0 unspecified atom stereocenters. The minimum atomic E-state index is 1.05. The van der Waals surface area contributed by atoms with Gasteiger partial charge < -0.3 is 0 Å². The quantitative estimate of drug-likeness (QED) is 0.415. The Morgan fingerprint density at radius 3 is 2.33 bits per heavy atom. The van der Waals surface area contributed by atoms with Crippen LogP contribution in [0.2, 0.25) is 0 Å². The van der Waals surface area contributed by atoms with Crippen molar-refractivity contribution in [2.24, 2.45) is 0 Å². The first-order chi connectivity index (χ1) is 7.36. The summed E-state index contributed by atoms with van der Waals surface area (Å²) in [6.45, 7) is 0. The maximum atomic E-state index is 4.53. The van der Waals surface area contributed by atoms with E-state index < -0.39 is 0 Å². The standard InChI is InChI=1S/C14H10S/c15-13-7-3-5-11-9-8-10-4-1-2-6-12(10)14(11)13/h1-9,15H. The van der Waals surface area contributed by atoms with Gasteiger partial charge in [0, 0.05) is 10.3 Å². The maximum Gasteiger partial charge on any atom is 0.0125 e. The lowest BCUT2D eigenvalue weighted by Gasteiger charge is -2.05. The zero-order chi connectivity index (χ0) is 10.3. The van der Waals surface area contributed by atoms with Gasteiger partial charge in [0.25, 0.3) is 0 Å². The van der Waals surface area contributed by atoms with Gasteiger partial charge >= 0.3 is 0 Å². The summed E-state index contributed by atoms with van der Waals surface area (Å²) in [5.74, 6) is 0. The molecule has 3 aromatic rings. The van der Waals surface area contributed by atoms with Gasteiger partial charge in [-0.15, -0.1) is 12.6 Å². The average Bonchev–Trinajstić information content (AvgIpc) is 2.29. The fraction of sp³-hybridized carbons (Fsp3) is 0. The first-order valence-corrected chi connectivity index (χ1v) is 5.40. The van der Waals surface area contributed by atoms with Crippen LogP contribution in [-0.4, -0.2) is 0 Å². The van der Waals surface area contributed by atoms with Gasteiger partial charge in [0.15, 0.2) is 0 Å². The van der Waals surface area contributed by atoms with Crippen molar-refractivity contribution in [3.8, 4) is 0 Å². The lowest BCUT2D eigenvalue weighted by atomic mass is 10.0. The summed E-state index contributed by atoms with van der Waals surface area (Å²) in [4.78, 5) is 1.05. The third-order valence-corrected chi connectivity index (χ3v) is 3.12. The normalized spacial score (nSPS) is 11.0. The van der Waals surface area contributed by atoms with E-state index in [1.165, 1.54) is 21.5 Å². The molecule has 0 atom stereocenters. The lowest BCUT2D eigenvalue weighted by molar-refractivity contribution is 1.58. The van der Waals surface area contributed by atoms with Crippen molar-refractivity contribution in [1.82, 2.24) is 0 Å². The molecule has 0 aliphatic heterocycles. The van der Waals surface area contributed by atoms with E-state index in [2.05, 4.69) is 55.1 Å². The summed E-state index contributed by atoms with van der Waals surface area (Å²) in [6, 6.07) is 18.9. The molecule has 15 heavy (non-hydrogen) atoms. The molecular formula is C14H10S. The molecule has 0 bridgehead atoms. The van der Waals surface area contributed by atoms with E-state index in [4.69, 9.17) is 0 Å². The van der Waals surface area contributed by atoms with Crippen LogP contribution in [-0.2, 0) is 0 Å². The highest BCUT2D eigenvalue weighted by molar-refractivity contribution is 7.80. The average molecular weight is 210 g/mol. The second kappa shape index (κ2) is 3.28. The number of thiol groups is 1. The number of hydrogen-bond donors (Lipinski definition) is 1. The molecule has 0 spiro atoms. The molecule has 0 saturated carbocycles. The van der Waals surface area contributed by atoms with Gasteiger partial charge in [0.05, 0.1) is 0 Å².